The molecule has 0 saturated carbocycles. The van der Waals surface area contributed by atoms with Crippen LogP contribution < -0.4 is 10.2 Å². The van der Waals surface area contributed by atoms with Gasteiger partial charge in [0.25, 0.3) is 0 Å². The van der Waals surface area contributed by atoms with E-state index in [0.29, 0.717) is 19.4 Å². The van der Waals surface area contributed by atoms with Gasteiger partial charge in [-0.05, 0) is 51.2 Å². The summed E-state index contributed by atoms with van der Waals surface area (Å²) in [6.45, 7) is 8.72. The van der Waals surface area contributed by atoms with Gasteiger partial charge in [-0.25, -0.2) is 14.6 Å². The van der Waals surface area contributed by atoms with E-state index in [0.717, 1.165) is 47.2 Å². The van der Waals surface area contributed by atoms with Gasteiger partial charge in [-0.2, -0.15) is 5.10 Å². The average Bonchev–Trinajstić information content (AvgIpc) is 3.41. The Balaban J connectivity index is 1.40. The molecule has 0 unspecified atom stereocenters. The van der Waals surface area contributed by atoms with Crippen LogP contribution in [-0.2, 0) is 17.8 Å². The van der Waals surface area contributed by atoms with Crippen LogP contribution in [0.1, 0.15) is 47.3 Å². The number of hydrogen-bond donors (Lipinski definition) is 1. The van der Waals surface area contributed by atoms with E-state index < -0.39 is 0 Å². The smallest absolute Gasteiger partial charge is 0.220 e. The largest absolute Gasteiger partial charge is 0.356 e. The van der Waals surface area contributed by atoms with Crippen molar-refractivity contribution in [3.63, 3.8) is 0 Å². The maximum absolute atomic E-state index is 12.4. The topological polar surface area (TPSA) is 75.9 Å². The zero-order valence-corrected chi connectivity index (χ0v) is 18.6. The molecule has 1 fully saturated rings. The zero-order valence-electron chi connectivity index (χ0n) is 18.6. The first kappa shape index (κ1) is 21.0. The van der Waals surface area contributed by atoms with Crippen molar-refractivity contribution in [2.24, 2.45) is 0 Å². The third-order valence-corrected chi connectivity index (χ3v) is 5.94. The van der Waals surface area contributed by atoms with Crippen LogP contribution in [0, 0.1) is 20.8 Å². The van der Waals surface area contributed by atoms with E-state index in [2.05, 4.69) is 39.2 Å². The molecule has 2 aromatic heterocycles. The van der Waals surface area contributed by atoms with Gasteiger partial charge >= 0.3 is 0 Å². The van der Waals surface area contributed by atoms with Crippen LogP contribution in [-0.4, -0.2) is 38.7 Å². The lowest BCUT2D eigenvalue weighted by atomic mass is 10.1. The number of anilines is 1. The summed E-state index contributed by atoms with van der Waals surface area (Å²) in [5, 5.41) is 7.72. The van der Waals surface area contributed by atoms with Gasteiger partial charge in [-0.15, -0.1) is 0 Å². The quantitative estimate of drug-likeness (QED) is 0.636. The van der Waals surface area contributed by atoms with Gasteiger partial charge < -0.3 is 10.2 Å². The summed E-state index contributed by atoms with van der Waals surface area (Å²) in [6, 6.07) is 10.2. The number of amides is 1. The summed E-state index contributed by atoms with van der Waals surface area (Å²) >= 11 is 0. The second-order valence-corrected chi connectivity index (χ2v) is 8.25. The summed E-state index contributed by atoms with van der Waals surface area (Å²) in [6.07, 6.45) is 5.10. The number of carbonyl (C=O) groups excluding carboxylic acids is 1. The molecule has 4 rings (SSSR count). The minimum absolute atomic E-state index is 0.0467. The number of carbonyl (C=O) groups is 1. The molecule has 1 aliphatic heterocycles. The summed E-state index contributed by atoms with van der Waals surface area (Å²) < 4.78 is 1.87. The second kappa shape index (κ2) is 9.29. The summed E-state index contributed by atoms with van der Waals surface area (Å²) in [7, 11) is 0. The standard InChI is InChI=1S/C24H30N6O/c1-17-6-8-20(9-7-17)15-25-24(31)11-10-21-18(2)28-30(19(21)3)23-14-22(26-16-27-23)29-12-4-5-13-29/h6-9,14,16H,4-5,10-13,15H2,1-3H3,(H,25,31). The first-order chi connectivity index (χ1) is 15.0. The van der Waals surface area contributed by atoms with E-state index >= 15 is 0 Å². The number of rotatable bonds is 7. The molecule has 162 valence electrons. The fourth-order valence-electron chi connectivity index (χ4n) is 4.07. The van der Waals surface area contributed by atoms with Gasteiger partial charge in [0.2, 0.25) is 5.91 Å². The number of aryl methyl sites for hydroxylation is 2. The fraction of sp³-hybridized carbons (Fsp3) is 0.417. The number of aromatic nitrogens is 4. The number of hydrogen-bond acceptors (Lipinski definition) is 5. The van der Waals surface area contributed by atoms with Crippen molar-refractivity contribution < 1.29 is 4.79 Å². The third-order valence-electron chi connectivity index (χ3n) is 5.94. The molecule has 1 saturated heterocycles. The van der Waals surface area contributed by atoms with E-state index in [1.54, 1.807) is 6.33 Å². The predicted octanol–water partition coefficient (Wildman–Crippen LogP) is 3.44. The minimum Gasteiger partial charge on any atom is -0.356 e. The Bertz CT molecular complexity index is 1050. The van der Waals surface area contributed by atoms with E-state index in [1.807, 2.05) is 36.7 Å². The van der Waals surface area contributed by atoms with Crippen molar-refractivity contribution in [2.45, 2.75) is 53.0 Å². The van der Waals surface area contributed by atoms with E-state index in [9.17, 15) is 4.79 Å². The molecule has 0 bridgehead atoms. The molecule has 7 nitrogen and oxygen atoms in total. The molecule has 31 heavy (non-hydrogen) atoms. The van der Waals surface area contributed by atoms with E-state index in [-0.39, 0.29) is 5.91 Å². The molecule has 0 aliphatic carbocycles. The van der Waals surface area contributed by atoms with Crippen LogP contribution in [0.15, 0.2) is 36.7 Å². The fourth-order valence-corrected chi connectivity index (χ4v) is 4.07. The normalized spacial score (nSPS) is 13.6. The van der Waals surface area contributed by atoms with Gasteiger partial charge in [0, 0.05) is 37.8 Å². The molecular weight excluding hydrogens is 388 g/mol. The molecule has 3 aromatic rings. The highest BCUT2D eigenvalue weighted by Gasteiger charge is 2.18. The highest BCUT2D eigenvalue weighted by molar-refractivity contribution is 5.76. The van der Waals surface area contributed by atoms with Crippen molar-refractivity contribution in [1.29, 1.82) is 0 Å². The first-order valence-corrected chi connectivity index (χ1v) is 11.0. The monoisotopic (exact) mass is 418 g/mol. The van der Waals surface area contributed by atoms with Gasteiger partial charge in [0.05, 0.1) is 5.69 Å². The van der Waals surface area contributed by atoms with Crippen LogP contribution in [0.5, 0.6) is 0 Å². The van der Waals surface area contributed by atoms with Gasteiger partial charge in [-0.3, -0.25) is 4.79 Å². The van der Waals surface area contributed by atoms with Crippen molar-refractivity contribution in [3.8, 4) is 5.82 Å². The molecule has 0 atom stereocenters. The Morgan fingerprint density at radius 3 is 2.48 bits per heavy atom. The Morgan fingerprint density at radius 1 is 1.03 bits per heavy atom. The lowest BCUT2D eigenvalue weighted by Gasteiger charge is -2.16. The molecule has 0 spiro atoms. The number of benzene rings is 1. The van der Waals surface area contributed by atoms with E-state index in [1.165, 1.54) is 18.4 Å². The highest BCUT2D eigenvalue weighted by atomic mass is 16.1. The average molecular weight is 419 g/mol. The van der Waals surface area contributed by atoms with Gasteiger partial charge in [0.15, 0.2) is 5.82 Å². The lowest BCUT2D eigenvalue weighted by molar-refractivity contribution is -0.121. The molecule has 7 heteroatoms. The van der Waals surface area contributed by atoms with Crippen LogP contribution in [0.4, 0.5) is 5.82 Å². The molecule has 1 amide bonds. The minimum atomic E-state index is 0.0467. The Hall–Kier alpha value is -3.22. The Kier molecular flexibility index (Phi) is 6.30. The summed E-state index contributed by atoms with van der Waals surface area (Å²) in [5.41, 5.74) is 5.39. The molecule has 1 aliphatic rings. The van der Waals surface area contributed by atoms with Crippen LogP contribution in [0.2, 0.25) is 0 Å². The third kappa shape index (κ3) is 4.93. The number of nitrogens with one attached hydrogen (secondary N) is 1. The maximum atomic E-state index is 12.4. The molecule has 1 N–H and O–H groups in total. The number of nitrogens with zero attached hydrogens (tertiary/aromatic N) is 5. The van der Waals surface area contributed by atoms with Crippen LogP contribution >= 0.6 is 0 Å². The van der Waals surface area contributed by atoms with Gasteiger partial charge in [0.1, 0.15) is 12.1 Å². The lowest BCUT2D eigenvalue weighted by Crippen LogP contribution is -2.23. The SMILES string of the molecule is Cc1ccc(CNC(=O)CCc2c(C)nn(-c3cc(N4CCCC4)ncn3)c2C)cc1. The van der Waals surface area contributed by atoms with Crippen molar-refractivity contribution >= 4 is 11.7 Å². The van der Waals surface area contributed by atoms with Crippen molar-refractivity contribution in [2.75, 3.05) is 18.0 Å². The van der Waals surface area contributed by atoms with E-state index in [4.69, 9.17) is 5.10 Å². The molecule has 1 aromatic carbocycles. The molecule has 3 heterocycles. The van der Waals surface area contributed by atoms with Gasteiger partial charge in [-0.1, -0.05) is 29.8 Å². The molecule has 0 radical (unpaired) electrons. The molecular formula is C24H30N6O. The second-order valence-electron chi connectivity index (χ2n) is 8.25. The Morgan fingerprint density at radius 2 is 1.74 bits per heavy atom. The Labute approximate surface area is 183 Å². The zero-order chi connectivity index (χ0) is 21.8. The predicted molar refractivity (Wildman–Crippen MR) is 121 cm³/mol. The van der Waals surface area contributed by atoms with Crippen LogP contribution in [0.25, 0.3) is 5.82 Å². The summed E-state index contributed by atoms with van der Waals surface area (Å²) in [4.78, 5) is 23.6. The van der Waals surface area contributed by atoms with Crippen molar-refractivity contribution in [3.05, 3.63) is 64.7 Å². The van der Waals surface area contributed by atoms with Crippen molar-refractivity contribution in [1.82, 2.24) is 25.1 Å². The maximum Gasteiger partial charge on any atom is 0.220 e. The first-order valence-electron chi connectivity index (χ1n) is 11.0. The highest BCUT2D eigenvalue weighted by Crippen LogP contribution is 2.22. The van der Waals surface area contributed by atoms with Crippen LogP contribution in [0.3, 0.4) is 0 Å². The summed E-state index contributed by atoms with van der Waals surface area (Å²) in [5.74, 6) is 1.77.